The lowest BCUT2D eigenvalue weighted by Gasteiger charge is -2.35. The Balaban J connectivity index is 1.76. The predicted octanol–water partition coefficient (Wildman–Crippen LogP) is 0.578. The number of rotatable bonds is 4. The molecular formula is C18H18F2N6O4S. The molecule has 10 nitrogen and oxygen atoms in total. The number of halogens is 2. The Kier molecular flexibility index (Phi) is 6.10. The van der Waals surface area contributed by atoms with E-state index in [-0.39, 0.29) is 23.0 Å². The van der Waals surface area contributed by atoms with Crippen LogP contribution in [-0.4, -0.2) is 56.0 Å². The van der Waals surface area contributed by atoms with Crippen LogP contribution in [0.2, 0.25) is 0 Å². The van der Waals surface area contributed by atoms with Crippen LogP contribution in [0.3, 0.4) is 0 Å². The summed E-state index contributed by atoms with van der Waals surface area (Å²) < 4.78 is 54.1. The maximum atomic E-state index is 14.3. The number of fused-ring (bicyclic) bond motifs is 1. The summed E-state index contributed by atoms with van der Waals surface area (Å²) in [7, 11) is -4.70. The lowest BCUT2D eigenvalue weighted by atomic mass is 9.90. The summed E-state index contributed by atoms with van der Waals surface area (Å²) in [6, 6.07) is 2.53. The van der Waals surface area contributed by atoms with E-state index in [4.69, 9.17) is 10.5 Å². The van der Waals surface area contributed by atoms with Crippen LogP contribution in [0.4, 0.5) is 19.3 Å². The van der Waals surface area contributed by atoms with Gasteiger partial charge in [-0.2, -0.15) is 10.5 Å². The van der Waals surface area contributed by atoms with E-state index in [2.05, 4.69) is 16.0 Å². The van der Waals surface area contributed by atoms with E-state index in [1.807, 2.05) is 6.07 Å². The molecule has 0 aliphatic carbocycles. The van der Waals surface area contributed by atoms with Crippen molar-refractivity contribution in [3.05, 3.63) is 23.5 Å². The molecule has 3 amide bonds. The molecule has 0 spiro atoms. The highest BCUT2D eigenvalue weighted by molar-refractivity contribution is 7.90. The quantitative estimate of drug-likeness (QED) is 0.603. The van der Waals surface area contributed by atoms with Crippen LogP contribution in [0.5, 0.6) is 0 Å². The van der Waals surface area contributed by atoms with E-state index >= 15 is 0 Å². The van der Waals surface area contributed by atoms with E-state index < -0.39 is 69.0 Å². The number of hydrogen-bond acceptors (Lipinski definition) is 7. The number of urea groups is 1. The van der Waals surface area contributed by atoms with Crippen molar-refractivity contribution in [2.45, 2.75) is 36.5 Å². The number of nitrogens with zero attached hydrogens (tertiary/aromatic N) is 3. The Bertz CT molecular complexity index is 1110. The van der Waals surface area contributed by atoms with Gasteiger partial charge in [-0.1, -0.05) is 0 Å². The maximum absolute atomic E-state index is 14.3. The van der Waals surface area contributed by atoms with Gasteiger partial charge in [0.2, 0.25) is 5.91 Å². The first-order valence-corrected chi connectivity index (χ1v) is 10.7. The number of piperidine rings is 1. The standard InChI is InChI=1S/C18H18F2N6O4S/c1-9(16-13(20)4-10(5-21)7-23-16)24-15(27)8-26-18(28)25-14-3-2-12(19)11(6-22)17(14)31(26,29)30/h2-3,9-10,13,16,23H,4,7-8H2,1H3,(H,24,27)(H,25,28)/t9-,10?,13?,16?/m1/s1. The summed E-state index contributed by atoms with van der Waals surface area (Å²) in [4.78, 5) is 24.0. The molecule has 164 valence electrons. The third-order valence-electron chi connectivity index (χ3n) is 5.13. The molecule has 0 aromatic heterocycles. The Morgan fingerprint density at radius 1 is 1.42 bits per heavy atom. The number of carbonyl (C=O) groups excluding carboxylic acids is 2. The molecule has 1 aromatic rings. The Morgan fingerprint density at radius 3 is 2.74 bits per heavy atom. The highest BCUT2D eigenvalue weighted by Gasteiger charge is 2.41. The second-order valence-electron chi connectivity index (χ2n) is 7.22. The van der Waals surface area contributed by atoms with Crippen LogP contribution in [-0.2, 0) is 14.8 Å². The molecule has 3 unspecified atom stereocenters. The highest BCUT2D eigenvalue weighted by Crippen LogP contribution is 2.34. The van der Waals surface area contributed by atoms with Gasteiger partial charge in [-0.15, -0.1) is 0 Å². The number of carbonyl (C=O) groups is 2. The minimum Gasteiger partial charge on any atom is -0.350 e. The van der Waals surface area contributed by atoms with Crippen molar-refractivity contribution in [3.63, 3.8) is 0 Å². The minimum absolute atomic E-state index is 0.00340. The fraction of sp³-hybridized carbons (Fsp3) is 0.444. The van der Waals surface area contributed by atoms with Gasteiger partial charge in [0.25, 0.3) is 10.0 Å². The van der Waals surface area contributed by atoms with Gasteiger partial charge in [0, 0.05) is 12.6 Å². The van der Waals surface area contributed by atoms with Crippen LogP contribution in [0.15, 0.2) is 17.0 Å². The van der Waals surface area contributed by atoms with Gasteiger partial charge < -0.3 is 16.0 Å². The van der Waals surface area contributed by atoms with Crippen LogP contribution >= 0.6 is 0 Å². The lowest BCUT2D eigenvalue weighted by Crippen LogP contribution is -2.58. The van der Waals surface area contributed by atoms with Crippen molar-refractivity contribution in [2.75, 3.05) is 18.4 Å². The summed E-state index contributed by atoms with van der Waals surface area (Å²) in [6.07, 6.45) is -1.42. The molecule has 13 heteroatoms. The molecule has 2 aliphatic rings. The molecule has 0 bridgehead atoms. The molecule has 1 fully saturated rings. The number of sulfonamides is 1. The molecule has 1 saturated heterocycles. The summed E-state index contributed by atoms with van der Waals surface area (Å²) in [5.74, 6) is -2.49. The Morgan fingerprint density at radius 2 is 2.13 bits per heavy atom. The van der Waals surface area contributed by atoms with E-state index in [1.54, 1.807) is 0 Å². The summed E-state index contributed by atoms with van der Waals surface area (Å²) >= 11 is 0. The fourth-order valence-corrected chi connectivity index (χ4v) is 5.17. The van der Waals surface area contributed by atoms with E-state index in [1.165, 1.54) is 13.0 Å². The molecule has 3 N–H and O–H groups in total. The minimum atomic E-state index is -4.70. The zero-order valence-electron chi connectivity index (χ0n) is 16.2. The SMILES string of the molecule is C[C@@H](NC(=O)CN1C(=O)Nc2ccc(F)c(C#N)c2S1(=O)=O)C1NCC(C#N)CC1F. The molecule has 3 rings (SSSR count). The van der Waals surface area contributed by atoms with Gasteiger partial charge in [0.1, 0.15) is 35.1 Å². The van der Waals surface area contributed by atoms with E-state index in [9.17, 15) is 26.8 Å². The Labute approximate surface area is 176 Å². The van der Waals surface area contributed by atoms with Crippen LogP contribution in [0, 0.1) is 34.4 Å². The van der Waals surface area contributed by atoms with Crippen molar-refractivity contribution in [3.8, 4) is 12.1 Å². The highest BCUT2D eigenvalue weighted by atomic mass is 32.2. The Hall–Kier alpha value is -3.29. The first-order chi connectivity index (χ1) is 14.6. The summed E-state index contributed by atoms with van der Waals surface area (Å²) in [5.41, 5.74) is -1.05. The summed E-state index contributed by atoms with van der Waals surface area (Å²) in [5, 5.41) is 25.5. The molecule has 2 aliphatic heterocycles. The van der Waals surface area contributed by atoms with Gasteiger partial charge in [-0.05, 0) is 25.5 Å². The normalized spacial score (nSPS) is 25.4. The number of alkyl halides is 1. The van der Waals surface area contributed by atoms with Crippen molar-refractivity contribution >= 4 is 27.6 Å². The largest absolute Gasteiger partial charge is 0.350 e. The number of anilines is 1. The van der Waals surface area contributed by atoms with Gasteiger partial charge >= 0.3 is 6.03 Å². The molecule has 4 atom stereocenters. The molecule has 0 saturated carbocycles. The number of amides is 3. The van der Waals surface area contributed by atoms with Gasteiger partial charge in [-0.3, -0.25) is 4.79 Å². The zero-order valence-corrected chi connectivity index (χ0v) is 17.0. The van der Waals surface area contributed by atoms with Crippen LogP contribution in [0.1, 0.15) is 18.9 Å². The predicted molar refractivity (Wildman–Crippen MR) is 102 cm³/mol. The molecule has 0 radical (unpaired) electrons. The van der Waals surface area contributed by atoms with Crippen molar-refractivity contribution in [1.82, 2.24) is 14.9 Å². The average molecular weight is 452 g/mol. The van der Waals surface area contributed by atoms with Gasteiger partial charge in [-0.25, -0.2) is 26.3 Å². The molecule has 31 heavy (non-hydrogen) atoms. The van der Waals surface area contributed by atoms with Gasteiger partial charge in [0.05, 0.1) is 23.7 Å². The number of nitrogens with one attached hydrogen (secondary N) is 3. The fourth-order valence-electron chi connectivity index (χ4n) is 3.60. The average Bonchev–Trinajstić information content (AvgIpc) is 2.71. The van der Waals surface area contributed by atoms with Crippen LogP contribution in [0.25, 0.3) is 0 Å². The summed E-state index contributed by atoms with van der Waals surface area (Å²) in [6.45, 7) is 0.784. The number of benzene rings is 1. The van der Waals surface area contributed by atoms with Crippen LogP contribution < -0.4 is 16.0 Å². The second-order valence-corrected chi connectivity index (χ2v) is 9.02. The van der Waals surface area contributed by atoms with E-state index in [0.717, 1.165) is 12.1 Å². The third kappa shape index (κ3) is 4.15. The first kappa shape index (κ1) is 22.4. The third-order valence-corrected chi connectivity index (χ3v) is 6.95. The van der Waals surface area contributed by atoms with Crippen molar-refractivity contribution in [2.24, 2.45) is 5.92 Å². The molecule has 2 heterocycles. The monoisotopic (exact) mass is 452 g/mol. The first-order valence-electron chi connectivity index (χ1n) is 9.23. The topological polar surface area (TPSA) is 155 Å². The maximum Gasteiger partial charge on any atom is 0.336 e. The lowest BCUT2D eigenvalue weighted by molar-refractivity contribution is -0.121. The zero-order chi connectivity index (χ0) is 22.9. The van der Waals surface area contributed by atoms with Crippen molar-refractivity contribution in [1.29, 1.82) is 10.5 Å². The molecule has 1 aromatic carbocycles. The number of hydrogen-bond donors (Lipinski definition) is 3. The second kappa shape index (κ2) is 8.45. The smallest absolute Gasteiger partial charge is 0.336 e. The van der Waals surface area contributed by atoms with Gasteiger partial charge in [0.15, 0.2) is 0 Å². The van der Waals surface area contributed by atoms with E-state index in [0.29, 0.717) is 0 Å². The molecular weight excluding hydrogens is 434 g/mol. The van der Waals surface area contributed by atoms with Crippen molar-refractivity contribution < 1.29 is 26.8 Å². The number of nitriles is 2.